The molecule has 2 amide bonds. The molecule has 0 saturated heterocycles. The minimum absolute atomic E-state index is 0.0718. The van der Waals surface area contributed by atoms with E-state index in [1.54, 1.807) is 18.4 Å². The zero-order valence-corrected chi connectivity index (χ0v) is 15.1. The number of nitrogens with zero attached hydrogens (tertiary/aromatic N) is 4. The lowest BCUT2D eigenvalue weighted by molar-refractivity contribution is -0.384. The van der Waals surface area contributed by atoms with Crippen LogP contribution in [0.2, 0.25) is 0 Å². The molecule has 1 aliphatic rings. The van der Waals surface area contributed by atoms with Crippen molar-refractivity contribution in [2.45, 2.75) is 6.54 Å². The van der Waals surface area contributed by atoms with Crippen molar-refractivity contribution in [1.82, 2.24) is 14.8 Å². The highest BCUT2D eigenvalue weighted by molar-refractivity contribution is 7.18. The maximum atomic E-state index is 12.6. The smallest absolute Gasteiger partial charge is 0.270 e. The van der Waals surface area contributed by atoms with E-state index in [-0.39, 0.29) is 23.5 Å². The number of nitro benzene ring substituents is 1. The van der Waals surface area contributed by atoms with Crippen molar-refractivity contribution in [1.29, 1.82) is 0 Å². The first-order valence-corrected chi connectivity index (χ1v) is 8.93. The Morgan fingerprint density at radius 3 is 2.63 bits per heavy atom. The standard InChI is InChI=1S/C18H14N4O4S/c1-20(9-16-19-14-4-2-3-5-15(14)27-16)10-21-17(23)12-7-6-11(22(25)26)8-13(12)18(21)24/h2-8H,9-10H2,1H3. The zero-order chi connectivity index (χ0) is 19.1. The van der Waals surface area contributed by atoms with Gasteiger partial charge in [-0.15, -0.1) is 11.3 Å². The van der Waals surface area contributed by atoms with Crippen LogP contribution in [0.4, 0.5) is 5.69 Å². The van der Waals surface area contributed by atoms with Crippen LogP contribution in [0.3, 0.4) is 0 Å². The van der Waals surface area contributed by atoms with E-state index < -0.39 is 16.7 Å². The summed E-state index contributed by atoms with van der Waals surface area (Å²) in [6, 6.07) is 11.5. The number of thiazole rings is 1. The predicted octanol–water partition coefficient (Wildman–Crippen LogP) is 2.89. The molecule has 136 valence electrons. The lowest BCUT2D eigenvalue weighted by atomic mass is 10.1. The number of para-hydroxylation sites is 1. The number of amides is 2. The number of non-ortho nitro benzene ring substituents is 1. The molecule has 1 aliphatic heterocycles. The average molecular weight is 382 g/mol. The molecule has 0 N–H and O–H groups in total. The largest absolute Gasteiger partial charge is 0.282 e. The number of imide groups is 1. The van der Waals surface area contributed by atoms with Crippen LogP contribution in [0.15, 0.2) is 42.5 Å². The number of fused-ring (bicyclic) bond motifs is 2. The normalized spacial score (nSPS) is 13.6. The molecule has 2 aromatic carbocycles. The SMILES string of the molecule is CN(Cc1nc2ccccc2s1)CN1C(=O)c2ccc([N+](=O)[O-])cc2C1=O. The van der Waals surface area contributed by atoms with Gasteiger partial charge in [0.2, 0.25) is 0 Å². The van der Waals surface area contributed by atoms with Gasteiger partial charge in [0.15, 0.2) is 0 Å². The van der Waals surface area contributed by atoms with E-state index in [4.69, 9.17) is 0 Å². The minimum atomic E-state index is -0.583. The van der Waals surface area contributed by atoms with E-state index in [2.05, 4.69) is 4.98 Å². The second kappa shape index (κ2) is 6.53. The number of carbonyl (C=O) groups is 2. The lowest BCUT2D eigenvalue weighted by Gasteiger charge is -2.21. The van der Waals surface area contributed by atoms with Crippen LogP contribution < -0.4 is 0 Å². The second-order valence-corrected chi connectivity index (χ2v) is 7.37. The fourth-order valence-corrected chi connectivity index (χ4v) is 4.08. The number of hydrogen-bond acceptors (Lipinski definition) is 7. The summed E-state index contributed by atoms with van der Waals surface area (Å²) in [5, 5.41) is 11.8. The Kier molecular flexibility index (Phi) is 4.17. The van der Waals surface area contributed by atoms with Crippen molar-refractivity contribution in [2.24, 2.45) is 0 Å². The summed E-state index contributed by atoms with van der Waals surface area (Å²) in [6.45, 7) is 0.559. The van der Waals surface area contributed by atoms with Gasteiger partial charge in [0.1, 0.15) is 5.01 Å². The maximum Gasteiger partial charge on any atom is 0.270 e. The summed E-state index contributed by atoms with van der Waals surface area (Å²) in [7, 11) is 1.79. The highest BCUT2D eigenvalue weighted by atomic mass is 32.1. The van der Waals surface area contributed by atoms with Gasteiger partial charge in [-0.3, -0.25) is 29.5 Å². The van der Waals surface area contributed by atoms with Crippen LogP contribution in [0.25, 0.3) is 10.2 Å². The van der Waals surface area contributed by atoms with E-state index in [1.807, 2.05) is 29.2 Å². The summed E-state index contributed by atoms with van der Waals surface area (Å²) in [6.07, 6.45) is 0. The fraction of sp³-hybridized carbons (Fsp3) is 0.167. The third-order valence-corrected chi connectivity index (χ3v) is 5.31. The van der Waals surface area contributed by atoms with Gasteiger partial charge in [-0.1, -0.05) is 12.1 Å². The molecule has 0 saturated carbocycles. The fourth-order valence-electron chi connectivity index (χ4n) is 3.03. The third kappa shape index (κ3) is 3.07. The van der Waals surface area contributed by atoms with Gasteiger partial charge >= 0.3 is 0 Å². The third-order valence-electron chi connectivity index (χ3n) is 4.29. The van der Waals surface area contributed by atoms with Gasteiger partial charge in [-0.2, -0.15) is 0 Å². The molecule has 4 rings (SSSR count). The molecule has 0 unspecified atom stereocenters. The molecule has 9 heteroatoms. The summed E-state index contributed by atoms with van der Waals surface area (Å²) < 4.78 is 1.08. The molecule has 0 radical (unpaired) electrons. The van der Waals surface area contributed by atoms with Gasteiger partial charge in [-0.05, 0) is 25.2 Å². The molecule has 8 nitrogen and oxygen atoms in total. The zero-order valence-electron chi connectivity index (χ0n) is 14.3. The van der Waals surface area contributed by atoms with Crippen molar-refractivity contribution >= 4 is 39.1 Å². The van der Waals surface area contributed by atoms with Crippen LogP contribution >= 0.6 is 11.3 Å². The molecule has 1 aromatic heterocycles. The topological polar surface area (TPSA) is 96.7 Å². The first kappa shape index (κ1) is 17.3. The number of nitro groups is 1. The van der Waals surface area contributed by atoms with Crippen molar-refractivity contribution in [3.8, 4) is 0 Å². The van der Waals surface area contributed by atoms with E-state index in [0.717, 1.165) is 26.2 Å². The highest BCUT2D eigenvalue weighted by Crippen LogP contribution is 2.27. The summed E-state index contributed by atoms with van der Waals surface area (Å²) >= 11 is 1.56. The highest BCUT2D eigenvalue weighted by Gasteiger charge is 2.37. The summed E-state index contributed by atoms with van der Waals surface area (Å²) in [4.78, 5) is 42.9. The van der Waals surface area contributed by atoms with Gasteiger partial charge < -0.3 is 0 Å². The van der Waals surface area contributed by atoms with Gasteiger partial charge in [0, 0.05) is 12.1 Å². The molecule has 0 spiro atoms. The van der Waals surface area contributed by atoms with E-state index in [1.165, 1.54) is 12.1 Å². The molecule has 0 aliphatic carbocycles. The van der Waals surface area contributed by atoms with E-state index >= 15 is 0 Å². The first-order valence-electron chi connectivity index (χ1n) is 8.11. The summed E-state index contributed by atoms with van der Waals surface area (Å²) in [5.74, 6) is -0.962. The molecule has 2 heterocycles. The monoisotopic (exact) mass is 382 g/mol. The van der Waals surface area contributed by atoms with Crippen molar-refractivity contribution in [3.05, 3.63) is 68.7 Å². The van der Waals surface area contributed by atoms with Crippen LogP contribution in [-0.2, 0) is 6.54 Å². The minimum Gasteiger partial charge on any atom is -0.282 e. The lowest BCUT2D eigenvalue weighted by Crippen LogP contribution is -2.39. The quantitative estimate of drug-likeness (QED) is 0.382. The number of rotatable bonds is 5. The number of benzene rings is 2. The van der Waals surface area contributed by atoms with Gasteiger partial charge in [-0.25, -0.2) is 4.98 Å². The Hall–Kier alpha value is -3.17. The molecular weight excluding hydrogens is 368 g/mol. The molecular formula is C18H14N4O4S. The Labute approximate surface area is 157 Å². The predicted molar refractivity (Wildman–Crippen MR) is 99.6 cm³/mol. The van der Waals surface area contributed by atoms with Crippen molar-refractivity contribution in [3.63, 3.8) is 0 Å². The molecule has 27 heavy (non-hydrogen) atoms. The molecule has 3 aromatic rings. The molecule has 0 fully saturated rings. The maximum absolute atomic E-state index is 12.6. The molecule has 0 bridgehead atoms. The van der Waals surface area contributed by atoms with E-state index in [0.29, 0.717) is 6.54 Å². The van der Waals surface area contributed by atoms with Crippen LogP contribution in [0.1, 0.15) is 25.7 Å². The Morgan fingerprint density at radius 2 is 1.89 bits per heavy atom. The van der Waals surface area contributed by atoms with Crippen LogP contribution in [-0.4, -0.2) is 45.2 Å². The van der Waals surface area contributed by atoms with Crippen LogP contribution in [0.5, 0.6) is 0 Å². The Morgan fingerprint density at radius 1 is 1.15 bits per heavy atom. The Balaban J connectivity index is 1.51. The van der Waals surface area contributed by atoms with Crippen LogP contribution in [0, 0.1) is 10.1 Å². The second-order valence-electron chi connectivity index (χ2n) is 6.26. The Bertz CT molecular complexity index is 1060. The molecule has 0 atom stereocenters. The van der Waals surface area contributed by atoms with Gasteiger partial charge in [0.25, 0.3) is 17.5 Å². The first-order chi connectivity index (χ1) is 12.9. The number of hydrogen-bond donors (Lipinski definition) is 0. The van der Waals surface area contributed by atoms with E-state index in [9.17, 15) is 19.7 Å². The van der Waals surface area contributed by atoms with Crippen molar-refractivity contribution in [2.75, 3.05) is 13.7 Å². The summed E-state index contributed by atoms with van der Waals surface area (Å²) in [5.41, 5.74) is 0.972. The van der Waals surface area contributed by atoms with Gasteiger partial charge in [0.05, 0.1) is 39.5 Å². The average Bonchev–Trinajstić information content (AvgIpc) is 3.15. The number of aromatic nitrogens is 1. The van der Waals surface area contributed by atoms with Crippen molar-refractivity contribution < 1.29 is 14.5 Å². The number of carbonyl (C=O) groups excluding carboxylic acids is 2.